The number of pyridine rings is 1. The van der Waals surface area contributed by atoms with Gasteiger partial charge in [-0.3, -0.25) is 14.6 Å². The van der Waals surface area contributed by atoms with Crippen LogP contribution in [0.4, 0.5) is 10.3 Å². The number of amides is 1. The molecule has 0 unspecified atom stereocenters. The second kappa shape index (κ2) is 9.50. The molecular formula is C18H18Cl2FN5O3S. The van der Waals surface area contributed by atoms with Crippen molar-refractivity contribution >= 4 is 64.2 Å². The van der Waals surface area contributed by atoms with Gasteiger partial charge < -0.3 is 15.3 Å². The molecule has 0 radical (unpaired) electrons. The molecule has 0 aromatic carbocycles. The van der Waals surface area contributed by atoms with Crippen molar-refractivity contribution in [1.29, 1.82) is 0 Å². The number of hydrogen-bond acceptors (Lipinski definition) is 7. The highest BCUT2D eigenvalue weighted by Gasteiger charge is 2.37. The Labute approximate surface area is 187 Å². The van der Waals surface area contributed by atoms with Gasteiger partial charge >= 0.3 is 5.97 Å². The first-order valence-corrected chi connectivity index (χ1v) is 9.44. The van der Waals surface area contributed by atoms with Crippen molar-refractivity contribution in [2.75, 3.05) is 18.4 Å². The van der Waals surface area contributed by atoms with Crippen LogP contribution in [0.2, 0.25) is 0 Å². The monoisotopic (exact) mass is 473 g/mol. The number of aromatic nitrogens is 3. The van der Waals surface area contributed by atoms with Gasteiger partial charge in [-0.15, -0.1) is 36.2 Å². The number of carbonyl (C=O) groups is 2. The molecule has 30 heavy (non-hydrogen) atoms. The van der Waals surface area contributed by atoms with Gasteiger partial charge in [0.2, 0.25) is 5.95 Å². The van der Waals surface area contributed by atoms with Gasteiger partial charge in [0.15, 0.2) is 5.69 Å². The fourth-order valence-electron chi connectivity index (χ4n) is 2.97. The van der Waals surface area contributed by atoms with Crippen molar-refractivity contribution < 1.29 is 19.1 Å². The molecule has 160 valence electrons. The maximum Gasteiger partial charge on any atom is 0.310 e. The molecule has 12 heteroatoms. The quantitative estimate of drug-likeness (QED) is 0.584. The Bertz CT molecular complexity index is 1080. The number of rotatable bonds is 5. The van der Waals surface area contributed by atoms with Gasteiger partial charge in [-0.25, -0.2) is 14.4 Å². The largest absolute Gasteiger partial charge is 0.481 e. The van der Waals surface area contributed by atoms with E-state index in [1.807, 2.05) is 12.3 Å². The van der Waals surface area contributed by atoms with Crippen LogP contribution in [0, 0.1) is 11.7 Å². The van der Waals surface area contributed by atoms with Crippen LogP contribution >= 0.6 is 36.2 Å². The summed E-state index contributed by atoms with van der Waals surface area (Å²) in [5.41, 5.74) is 1.47. The fraction of sp³-hybridized carbons (Fsp3) is 0.278. The number of anilines is 1. The number of carboxylic acids is 1. The standard InChI is InChI=1S/C18H16FN5O3S.2ClH/c1-9(10-4-12(19)6-20-5-10)21-18-22-13-2-3-28-15(13)14(23-18)16(25)24-7-11(8-24)17(26)27;;/h2-6,9,11H,7-8H2,1H3,(H,26,27)(H,21,22,23);2*1H/t9-;;/m0../s1. The van der Waals surface area contributed by atoms with Crippen LogP contribution in [0.3, 0.4) is 0 Å². The third-order valence-corrected chi connectivity index (χ3v) is 5.51. The van der Waals surface area contributed by atoms with Crippen molar-refractivity contribution in [2.45, 2.75) is 13.0 Å². The Hall–Kier alpha value is -2.56. The predicted molar refractivity (Wildman–Crippen MR) is 115 cm³/mol. The van der Waals surface area contributed by atoms with Crippen LogP contribution in [0.15, 0.2) is 29.9 Å². The van der Waals surface area contributed by atoms with Crippen molar-refractivity contribution in [3.63, 3.8) is 0 Å². The third-order valence-electron chi connectivity index (χ3n) is 4.60. The smallest absolute Gasteiger partial charge is 0.310 e. The molecular weight excluding hydrogens is 456 g/mol. The number of fused-ring (bicyclic) bond motifs is 1. The highest BCUT2D eigenvalue weighted by molar-refractivity contribution is 7.17. The first-order valence-electron chi connectivity index (χ1n) is 8.56. The summed E-state index contributed by atoms with van der Waals surface area (Å²) in [4.78, 5) is 37.9. The van der Waals surface area contributed by atoms with Gasteiger partial charge in [-0.2, -0.15) is 0 Å². The number of likely N-dealkylation sites (tertiary alicyclic amines) is 1. The highest BCUT2D eigenvalue weighted by Crippen LogP contribution is 2.28. The van der Waals surface area contributed by atoms with Crippen LogP contribution < -0.4 is 5.32 Å². The fourth-order valence-corrected chi connectivity index (χ4v) is 3.78. The van der Waals surface area contributed by atoms with E-state index < -0.39 is 17.7 Å². The van der Waals surface area contributed by atoms with Gasteiger partial charge in [0.1, 0.15) is 5.82 Å². The SMILES string of the molecule is C[C@H](Nc1nc(C(=O)N2CC(C(=O)O)C2)c2sccc2n1)c1cncc(F)c1.Cl.Cl. The van der Waals surface area contributed by atoms with Crippen molar-refractivity contribution in [3.8, 4) is 0 Å². The van der Waals surface area contributed by atoms with Crippen molar-refractivity contribution in [1.82, 2.24) is 19.9 Å². The van der Waals surface area contributed by atoms with E-state index in [0.717, 1.165) is 6.20 Å². The molecule has 0 spiro atoms. The number of nitrogens with zero attached hydrogens (tertiary/aromatic N) is 4. The summed E-state index contributed by atoms with van der Waals surface area (Å²) in [5, 5.41) is 13.9. The normalized spacial score (nSPS) is 14.3. The summed E-state index contributed by atoms with van der Waals surface area (Å²) in [5.74, 6) is -1.98. The Morgan fingerprint density at radius 3 is 2.70 bits per heavy atom. The lowest BCUT2D eigenvalue weighted by molar-refractivity contribution is -0.146. The molecule has 1 atom stereocenters. The summed E-state index contributed by atoms with van der Waals surface area (Å²) in [6, 6.07) is 2.82. The molecule has 1 saturated heterocycles. The molecule has 3 aromatic rings. The number of carboxylic acid groups (broad SMARTS) is 1. The van der Waals surface area contributed by atoms with Gasteiger partial charge in [-0.1, -0.05) is 0 Å². The average molecular weight is 474 g/mol. The van der Waals surface area contributed by atoms with Crippen LogP contribution in [-0.4, -0.2) is 49.9 Å². The molecule has 1 fully saturated rings. The van der Waals surface area contributed by atoms with E-state index in [9.17, 15) is 14.0 Å². The molecule has 8 nitrogen and oxygen atoms in total. The number of thiophene rings is 1. The molecule has 1 amide bonds. The lowest BCUT2D eigenvalue weighted by atomic mass is 10.00. The highest BCUT2D eigenvalue weighted by atomic mass is 35.5. The number of aliphatic carboxylic acids is 1. The van der Waals surface area contributed by atoms with Crippen LogP contribution in [0.1, 0.15) is 29.0 Å². The van der Waals surface area contributed by atoms with Crippen LogP contribution in [0.5, 0.6) is 0 Å². The van der Waals surface area contributed by atoms with E-state index in [1.165, 1.54) is 22.3 Å². The topological polar surface area (TPSA) is 108 Å². The van der Waals surface area contributed by atoms with Gasteiger partial charge in [0.05, 0.1) is 28.4 Å². The number of hydrogen-bond donors (Lipinski definition) is 2. The second-order valence-corrected chi connectivity index (χ2v) is 7.49. The lowest BCUT2D eigenvalue weighted by Crippen LogP contribution is -2.53. The van der Waals surface area contributed by atoms with E-state index in [1.54, 1.807) is 12.3 Å². The maximum atomic E-state index is 13.4. The van der Waals surface area contributed by atoms with E-state index in [2.05, 4.69) is 20.3 Å². The van der Waals surface area contributed by atoms with Crippen LogP contribution in [-0.2, 0) is 4.79 Å². The average Bonchev–Trinajstić information content (AvgIpc) is 3.07. The Morgan fingerprint density at radius 1 is 1.30 bits per heavy atom. The second-order valence-electron chi connectivity index (χ2n) is 6.58. The molecule has 2 N–H and O–H groups in total. The number of nitrogens with one attached hydrogen (secondary N) is 1. The summed E-state index contributed by atoms with van der Waals surface area (Å²) in [7, 11) is 0. The molecule has 4 rings (SSSR count). The minimum Gasteiger partial charge on any atom is -0.481 e. The van der Waals surface area contributed by atoms with E-state index in [4.69, 9.17) is 5.11 Å². The summed E-state index contributed by atoms with van der Waals surface area (Å²) >= 11 is 1.35. The Morgan fingerprint density at radius 2 is 2.03 bits per heavy atom. The van der Waals surface area contributed by atoms with Crippen molar-refractivity contribution in [3.05, 3.63) is 47.0 Å². The molecule has 0 aliphatic carbocycles. The van der Waals surface area contributed by atoms with Crippen molar-refractivity contribution in [2.24, 2.45) is 5.92 Å². The molecule has 1 aliphatic heterocycles. The first-order chi connectivity index (χ1) is 13.4. The Balaban J connectivity index is 0.00000160. The number of carbonyl (C=O) groups excluding carboxylic acids is 1. The molecule has 0 bridgehead atoms. The van der Waals surface area contributed by atoms with E-state index in [0.29, 0.717) is 15.8 Å². The zero-order chi connectivity index (χ0) is 19.8. The minimum absolute atomic E-state index is 0. The molecule has 0 saturated carbocycles. The van der Waals surface area contributed by atoms with Gasteiger partial charge in [0, 0.05) is 19.3 Å². The molecule has 3 aromatic heterocycles. The first kappa shape index (κ1) is 23.7. The zero-order valence-electron chi connectivity index (χ0n) is 15.6. The van der Waals surface area contributed by atoms with Gasteiger partial charge in [0.25, 0.3) is 5.91 Å². The minimum atomic E-state index is -0.909. The molecule has 4 heterocycles. The maximum absolute atomic E-state index is 13.4. The Kier molecular flexibility index (Phi) is 7.51. The van der Waals surface area contributed by atoms with Gasteiger partial charge in [-0.05, 0) is 30.0 Å². The molecule has 1 aliphatic rings. The van der Waals surface area contributed by atoms with Crippen LogP contribution in [0.25, 0.3) is 10.2 Å². The zero-order valence-corrected chi connectivity index (χ0v) is 18.1. The third kappa shape index (κ3) is 4.61. The summed E-state index contributed by atoms with van der Waals surface area (Å²) < 4.78 is 14.1. The summed E-state index contributed by atoms with van der Waals surface area (Å²) in [6.07, 6.45) is 2.67. The van der Waals surface area contributed by atoms with E-state index in [-0.39, 0.29) is 61.5 Å². The number of halogens is 3. The van der Waals surface area contributed by atoms with E-state index >= 15 is 0 Å². The summed E-state index contributed by atoms with van der Waals surface area (Å²) in [6.45, 7) is 2.14. The lowest BCUT2D eigenvalue weighted by Gasteiger charge is -2.36. The predicted octanol–water partition coefficient (Wildman–Crippen LogP) is 3.40.